The van der Waals surface area contributed by atoms with Gasteiger partial charge in [-0.1, -0.05) is 36.6 Å². The molecule has 0 amide bonds. The van der Waals surface area contributed by atoms with E-state index in [1.54, 1.807) is 23.5 Å². The second kappa shape index (κ2) is 8.29. The van der Waals surface area contributed by atoms with Crippen molar-refractivity contribution < 1.29 is 13.2 Å². The van der Waals surface area contributed by atoms with Crippen LogP contribution in [0.4, 0.5) is 0 Å². The minimum absolute atomic E-state index is 0.337. The van der Waals surface area contributed by atoms with Gasteiger partial charge in [-0.2, -0.15) is 9.40 Å². The number of methoxy groups -OCH3 is 1. The highest BCUT2D eigenvalue weighted by Gasteiger charge is 2.46. The summed E-state index contributed by atoms with van der Waals surface area (Å²) >= 11 is 0. The maximum absolute atomic E-state index is 13.3. The maximum Gasteiger partial charge on any atom is 0.243 e. The Morgan fingerprint density at radius 1 is 1.23 bits per heavy atom. The van der Waals surface area contributed by atoms with Gasteiger partial charge in [-0.05, 0) is 50.0 Å². The van der Waals surface area contributed by atoms with Crippen LogP contribution >= 0.6 is 0 Å². The number of hydrogen-bond acceptors (Lipinski definition) is 4. The van der Waals surface area contributed by atoms with Crippen LogP contribution in [0.3, 0.4) is 0 Å². The van der Waals surface area contributed by atoms with Crippen LogP contribution in [0.15, 0.2) is 40.9 Å². The molecule has 4 rings (SSSR count). The number of benzene rings is 1. The summed E-state index contributed by atoms with van der Waals surface area (Å²) in [6.45, 7) is 6.48. The van der Waals surface area contributed by atoms with E-state index in [-0.39, 0.29) is 5.41 Å². The van der Waals surface area contributed by atoms with Gasteiger partial charge in [0.05, 0.1) is 23.4 Å². The number of sulfonamides is 1. The molecule has 0 radical (unpaired) electrons. The molecule has 7 heteroatoms. The van der Waals surface area contributed by atoms with Crippen LogP contribution in [-0.4, -0.2) is 49.3 Å². The van der Waals surface area contributed by atoms with E-state index in [9.17, 15) is 8.42 Å². The Morgan fingerprint density at radius 2 is 2.00 bits per heavy atom. The highest BCUT2D eigenvalue weighted by Crippen LogP contribution is 2.45. The van der Waals surface area contributed by atoms with Crippen molar-refractivity contribution in [3.05, 3.63) is 52.9 Å². The highest BCUT2D eigenvalue weighted by atomic mass is 32.2. The molecule has 1 saturated heterocycles. The number of aryl methyl sites for hydroxylation is 2. The number of aromatic nitrogens is 2. The molecule has 0 saturated carbocycles. The van der Waals surface area contributed by atoms with Crippen LogP contribution in [0.25, 0.3) is 6.08 Å². The molecule has 0 unspecified atom stereocenters. The lowest BCUT2D eigenvalue weighted by molar-refractivity contribution is 0.0732. The summed E-state index contributed by atoms with van der Waals surface area (Å²) in [5, 5.41) is 4.61. The van der Waals surface area contributed by atoms with Gasteiger partial charge < -0.3 is 4.74 Å². The lowest BCUT2D eigenvalue weighted by Gasteiger charge is -2.45. The van der Waals surface area contributed by atoms with Crippen molar-refractivity contribution >= 4 is 16.1 Å². The number of nitrogens with zero attached hydrogens (tertiary/aromatic N) is 3. The van der Waals surface area contributed by atoms with Gasteiger partial charge in [0.1, 0.15) is 0 Å². The molecule has 30 heavy (non-hydrogen) atoms. The molecule has 0 N–H and O–H groups in total. The van der Waals surface area contributed by atoms with E-state index < -0.39 is 10.0 Å². The number of unbranched alkanes of at least 4 members (excludes halogenated alkanes) is 1. The van der Waals surface area contributed by atoms with Crippen LogP contribution in [0, 0.1) is 12.3 Å². The zero-order valence-corrected chi connectivity index (χ0v) is 18.9. The summed E-state index contributed by atoms with van der Waals surface area (Å²) in [6.07, 6.45) is 7.90. The molecule has 1 aromatic carbocycles. The summed E-state index contributed by atoms with van der Waals surface area (Å²) in [6, 6.07) is 7.11. The van der Waals surface area contributed by atoms with E-state index in [2.05, 4.69) is 22.8 Å². The summed E-state index contributed by atoms with van der Waals surface area (Å²) in [7, 11) is -1.85. The summed E-state index contributed by atoms with van der Waals surface area (Å²) in [5.74, 6) is 0. The second-order valence-corrected chi connectivity index (χ2v) is 10.5. The van der Waals surface area contributed by atoms with Crippen molar-refractivity contribution in [1.82, 2.24) is 14.1 Å². The lowest BCUT2D eigenvalue weighted by Crippen LogP contribution is -2.51. The molecular weight excluding hydrogens is 398 g/mol. The molecule has 0 spiro atoms. The number of ether oxygens (including phenoxy) is 1. The number of fused-ring (bicyclic) bond motifs is 2. The van der Waals surface area contributed by atoms with Crippen LogP contribution < -0.4 is 0 Å². The molecule has 1 fully saturated rings. The maximum atomic E-state index is 13.3. The summed E-state index contributed by atoms with van der Waals surface area (Å²) < 4.78 is 36.0. The predicted octanol–water partition coefficient (Wildman–Crippen LogP) is 3.66. The zero-order chi connectivity index (χ0) is 21.4. The molecule has 2 aromatic rings. The first-order chi connectivity index (χ1) is 14.4. The standard InChI is InChI=1S/C23H31N3O3S/c1-4-5-11-26-22-13-20-10-12-25(30(27,28)21-8-6-18(2)7-9-21)16-23(20,17-29-3)14-19(22)15-24-26/h6-9,13,15H,4-5,10-12,14,16-17H2,1-3H3/t23-/m1/s1. The average molecular weight is 430 g/mol. The smallest absolute Gasteiger partial charge is 0.243 e. The molecule has 2 heterocycles. The third kappa shape index (κ3) is 3.74. The van der Waals surface area contributed by atoms with E-state index in [4.69, 9.17) is 4.74 Å². The topological polar surface area (TPSA) is 64.4 Å². The lowest BCUT2D eigenvalue weighted by atomic mass is 9.69. The summed E-state index contributed by atoms with van der Waals surface area (Å²) in [4.78, 5) is 0.358. The van der Waals surface area contributed by atoms with E-state index in [0.29, 0.717) is 31.0 Å². The van der Waals surface area contributed by atoms with E-state index in [1.807, 2.05) is 25.3 Å². The van der Waals surface area contributed by atoms with Gasteiger partial charge in [0.25, 0.3) is 0 Å². The quantitative estimate of drug-likeness (QED) is 0.674. The SMILES string of the molecule is CCCCn1ncc2c1C=C1CCN(S(=O)(=O)c3ccc(C)cc3)C[C@@]1(COC)C2. The van der Waals surface area contributed by atoms with Gasteiger partial charge in [-0.15, -0.1) is 0 Å². The van der Waals surface area contributed by atoms with E-state index in [0.717, 1.165) is 31.4 Å². The predicted molar refractivity (Wildman–Crippen MR) is 118 cm³/mol. The van der Waals surface area contributed by atoms with Gasteiger partial charge in [-0.25, -0.2) is 8.42 Å². The van der Waals surface area contributed by atoms with Gasteiger partial charge in [0, 0.05) is 32.2 Å². The molecular formula is C23H31N3O3S. The Morgan fingerprint density at radius 3 is 2.70 bits per heavy atom. The highest BCUT2D eigenvalue weighted by molar-refractivity contribution is 7.89. The normalized spacial score (nSPS) is 21.8. The van der Waals surface area contributed by atoms with Gasteiger partial charge in [0.2, 0.25) is 10.0 Å². The van der Waals surface area contributed by atoms with Crippen molar-refractivity contribution in [2.24, 2.45) is 5.41 Å². The fourth-order valence-electron chi connectivity index (χ4n) is 4.71. The number of hydrogen-bond donors (Lipinski definition) is 0. The molecule has 0 bridgehead atoms. The Hall–Kier alpha value is -1.96. The third-order valence-corrected chi connectivity index (χ3v) is 8.25. The first-order valence-electron chi connectivity index (χ1n) is 10.7. The minimum atomic E-state index is -3.54. The Kier molecular flexibility index (Phi) is 5.88. The molecule has 1 aliphatic carbocycles. The Bertz CT molecular complexity index is 1040. The number of piperidine rings is 1. The molecule has 1 aromatic heterocycles. The Balaban J connectivity index is 1.66. The summed E-state index contributed by atoms with van der Waals surface area (Å²) in [5.41, 5.74) is 4.36. The second-order valence-electron chi connectivity index (χ2n) is 8.59. The van der Waals surface area contributed by atoms with Crippen molar-refractivity contribution in [2.75, 3.05) is 26.8 Å². The van der Waals surface area contributed by atoms with Crippen molar-refractivity contribution in [3.63, 3.8) is 0 Å². The first kappa shape index (κ1) is 21.3. The van der Waals surface area contributed by atoms with Crippen LogP contribution in [0.5, 0.6) is 0 Å². The van der Waals surface area contributed by atoms with Crippen molar-refractivity contribution in [2.45, 2.75) is 51.0 Å². The van der Waals surface area contributed by atoms with Crippen molar-refractivity contribution in [3.8, 4) is 0 Å². The van der Waals surface area contributed by atoms with Crippen LogP contribution in [-0.2, 0) is 27.7 Å². The average Bonchev–Trinajstić information content (AvgIpc) is 3.11. The van der Waals surface area contributed by atoms with E-state index in [1.165, 1.54) is 16.8 Å². The Labute approximate surface area is 179 Å². The first-order valence-corrected chi connectivity index (χ1v) is 12.1. The minimum Gasteiger partial charge on any atom is -0.384 e. The number of rotatable bonds is 7. The molecule has 2 aliphatic rings. The molecule has 1 atom stereocenters. The van der Waals surface area contributed by atoms with Crippen LogP contribution in [0.1, 0.15) is 43.0 Å². The van der Waals surface area contributed by atoms with Gasteiger partial charge in [0.15, 0.2) is 0 Å². The van der Waals surface area contributed by atoms with Gasteiger partial charge in [-0.3, -0.25) is 4.68 Å². The zero-order valence-electron chi connectivity index (χ0n) is 18.1. The monoisotopic (exact) mass is 429 g/mol. The molecule has 162 valence electrons. The van der Waals surface area contributed by atoms with Gasteiger partial charge >= 0.3 is 0 Å². The fourth-order valence-corrected chi connectivity index (χ4v) is 6.23. The molecule has 1 aliphatic heterocycles. The largest absolute Gasteiger partial charge is 0.384 e. The fraction of sp³-hybridized carbons (Fsp3) is 0.522. The van der Waals surface area contributed by atoms with Crippen LogP contribution in [0.2, 0.25) is 0 Å². The molecule has 6 nitrogen and oxygen atoms in total. The van der Waals surface area contributed by atoms with E-state index >= 15 is 0 Å². The van der Waals surface area contributed by atoms with Crippen molar-refractivity contribution in [1.29, 1.82) is 0 Å². The third-order valence-electron chi connectivity index (χ3n) is 6.39.